The minimum absolute atomic E-state index is 0.206. The van der Waals surface area contributed by atoms with Gasteiger partial charge in [0.15, 0.2) is 0 Å². The van der Waals surface area contributed by atoms with Crippen LogP contribution < -0.4 is 5.32 Å². The number of nitrogens with zero attached hydrogens (tertiary/aromatic N) is 2. The van der Waals surface area contributed by atoms with E-state index in [4.69, 9.17) is 0 Å². The molecule has 0 aliphatic carbocycles. The van der Waals surface area contributed by atoms with E-state index in [1.54, 1.807) is 12.3 Å². The topological polar surface area (TPSA) is 37.8 Å². The first-order valence-corrected chi connectivity index (χ1v) is 5.48. The molecule has 0 saturated heterocycles. The van der Waals surface area contributed by atoms with Gasteiger partial charge in [-0.25, -0.2) is 14.4 Å². The SMILES string of the molecule is Cc1nccc(CNCc2cccc(F)c2)n1. The van der Waals surface area contributed by atoms with Gasteiger partial charge >= 0.3 is 0 Å². The normalized spacial score (nSPS) is 10.5. The largest absolute Gasteiger partial charge is 0.307 e. The number of benzene rings is 1. The van der Waals surface area contributed by atoms with E-state index >= 15 is 0 Å². The molecule has 1 heterocycles. The Labute approximate surface area is 99.7 Å². The number of hydrogen-bond donors (Lipinski definition) is 1. The molecule has 0 saturated carbocycles. The first-order valence-electron chi connectivity index (χ1n) is 5.48. The van der Waals surface area contributed by atoms with E-state index < -0.39 is 0 Å². The Hall–Kier alpha value is -1.81. The van der Waals surface area contributed by atoms with E-state index in [9.17, 15) is 4.39 Å². The fourth-order valence-electron chi connectivity index (χ4n) is 1.59. The Kier molecular flexibility index (Phi) is 3.77. The second-order valence-electron chi connectivity index (χ2n) is 3.83. The van der Waals surface area contributed by atoms with E-state index in [0.717, 1.165) is 17.1 Å². The minimum atomic E-state index is -0.206. The van der Waals surface area contributed by atoms with Gasteiger partial charge in [-0.05, 0) is 30.7 Å². The van der Waals surface area contributed by atoms with Crippen LogP contribution >= 0.6 is 0 Å². The smallest absolute Gasteiger partial charge is 0.125 e. The third-order valence-corrected chi connectivity index (χ3v) is 2.36. The van der Waals surface area contributed by atoms with Gasteiger partial charge in [0.1, 0.15) is 11.6 Å². The molecule has 17 heavy (non-hydrogen) atoms. The lowest BCUT2D eigenvalue weighted by molar-refractivity contribution is 0.619. The molecule has 0 bridgehead atoms. The third-order valence-electron chi connectivity index (χ3n) is 2.36. The van der Waals surface area contributed by atoms with Crippen LogP contribution in [0.25, 0.3) is 0 Å². The Morgan fingerprint density at radius 1 is 1.24 bits per heavy atom. The van der Waals surface area contributed by atoms with Crippen LogP contribution in [0.1, 0.15) is 17.1 Å². The van der Waals surface area contributed by atoms with Crippen molar-refractivity contribution in [3.63, 3.8) is 0 Å². The molecule has 4 heteroatoms. The fraction of sp³-hybridized carbons (Fsp3) is 0.231. The zero-order valence-electron chi connectivity index (χ0n) is 9.65. The first kappa shape index (κ1) is 11.7. The summed E-state index contributed by atoms with van der Waals surface area (Å²) in [6, 6.07) is 8.43. The van der Waals surface area contributed by atoms with Crippen molar-refractivity contribution in [2.45, 2.75) is 20.0 Å². The van der Waals surface area contributed by atoms with Gasteiger partial charge < -0.3 is 5.32 Å². The third kappa shape index (κ3) is 3.60. The van der Waals surface area contributed by atoms with Gasteiger partial charge in [-0.3, -0.25) is 0 Å². The maximum absolute atomic E-state index is 12.9. The monoisotopic (exact) mass is 231 g/mol. The van der Waals surface area contributed by atoms with Crippen molar-refractivity contribution >= 4 is 0 Å². The van der Waals surface area contributed by atoms with Gasteiger partial charge in [-0.15, -0.1) is 0 Å². The van der Waals surface area contributed by atoms with Gasteiger partial charge in [-0.2, -0.15) is 0 Å². The molecule has 1 aromatic carbocycles. The molecule has 1 aromatic heterocycles. The van der Waals surface area contributed by atoms with Crippen molar-refractivity contribution in [1.82, 2.24) is 15.3 Å². The Morgan fingerprint density at radius 2 is 2.12 bits per heavy atom. The summed E-state index contributed by atoms with van der Waals surface area (Å²) in [5.41, 5.74) is 1.87. The first-order chi connectivity index (χ1) is 8.24. The summed E-state index contributed by atoms with van der Waals surface area (Å²) in [4.78, 5) is 8.30. The van der Waals surface area contributed by atoms with Crippen molar-refractivity contribution < 1.29 is 4.39 Å². The Bertz CT molecular complexity index is 454. The second kappa shape index (κ2) is 5.50. The molecule has 3 nitrogen and oxygen atoms in total. The summed E-state index contributed by atoms with van der Waals surface area (Å²) >= 11 is 0. The molecule has 0 fully saturated rings. The van der Waals surface area contributed by atoms with E-state index in [1.807, 2.05) is 19.1 Å². The number of halogens is 1. The van der Waals surface area contributed by atoms with Gasteiger partial charge in [0.25, 0.3) is 0 Å². The quantitative estimate of drug-likeness (QED) is 0.876. The molecule has 0 amide bonds. The standard InChI is InChI=1S/C13H14FN3/c1-10-16-6-5-13(17-10)9-15-8-11-3-2-4-12(14)7-11/h2-7,15H,8-9H2,1H3. The zero-order chi connectivity index (χ0) is 12.1. The maximum atomic E-state index is 12.9. The van der Waals surface area contributed by atoms with Crippen LogP contribution in [0.4, 0.5) is 4.39 Å². The van der Waals surface area contributed by atoms with Crippen molar-refractivity contribution in [1.29, 1.82) is 0 Å². The molecule has 2 aromatic rings. The lowest BCUT2D eigenvalue weighted by Crippen LogP contribution is -2.14. The van der Waals surface area contributed by atoms with Crippen LogP contribution in [0.5, 0.6) is 0 Å². The van der Waals surface area contributed by atoms with Crippen molar-refractivity contribution in [3.05, 3.63) is 59.4 Å². The summed E-state index contributed by atoms with van der Waals surface area (Å²) in [6.07, 6.45) is 1.74. The maximum Gasteiger partial charge on any atom is 0.125 e. The summed E-state index contributed by atoms with van der Waals surface area (Å²) in [5.74, 6) is 0.553. The summed E-state index contributed by atoms with van der Waals surface area (Å²) in [5, 5.41) is 3.22. The van der Waals surface area contributed by atoms with Crippen LogP contribution in [-0.2, 0) is 13.1 Å². The molecule has 2 rings (SSSR count). The lowest BCUT2D eigenvalue weighted by Gasteiger charge is -2.05. The number of aryl methyl sites for hydroxylation is 1. The number of aromatic nitrogens is 2. The highest BCUT2D eigenvalue weighted by Gasteiger charge is 1.97. The van der Waals surface area contributed by atoms with Gasteiger partial charge in [-0.1, -0.05) is 12.1 Å². The second-order valence-corrected chi connectivity index (χ2v) is 3.83. The highest BCUT2D eigenvalue weighted by atomic mass is 19.1. The number of hydrogen-bond acceptors (Lipinski definition) is 3. The highest BCUT2D eigenvalue weighted by Crippen LogP contribution is 2.03. The van der Waals surface area contributed by atoms with Gasteiger partial charge in [0.2, 0.25) is 0 Å². The highest BCUT2D eigenvalue weighted by molar-refractivity contribution is 5.16. The van der Waals surface area contributed by atoms with Crippen LogP contribution in [0.3, 0.4) is 0 Å². The molecule has 0 radical (unpaired) electrons. The summed E-state index contributed by atoms with van der Waals surface area (Å²) in [6.45, 7) is 3.14. The van der Waals surface area contributed by atoms with Crippen LogP contribution in [0, 0.1) is 12.7 Å². The molecular formula is C13H14FN3. The van der Waals surface area contributed by atoms with Crippen molar-refractivity contribution in [2.24, 2.45) is 0 Å². The van der Waals surface area contributed by atoms with Crippen LogP contribution in [0.15, 0.2) is 36.5 Å². The molecule has 0 aliphatic heterocycles. The molecule has 88 valence electrons. The van der Waals surface area contributed by atoms with E-state index in [-0.39, 0.29) is 5.82 Å². The van der Waals surface area contributed by atoms with Crippen LogP contribution in [-0.4, -0.2) is 9.97 Å². The summed E-state index contributed by atoms with van der Waals surface area (Å²) < 4.78 is 12.9. The van der Waals surface area contributed by atoms with E-state index in [0.29, 0.717) is 13.1 Å². The van der Waals surface area contributed by atoms with Crippen molar-refractivity contribution in [2.75, 3.05) is 0 Å². The zero-order valence-corrected chi connectivity index (χ0v) is 9.65. The van der Waals surface area contributed by atoms with E-state index in [1.165, 1.54) is 12.1 Å². The fourth-order valence-corrected chi connectivity index (χ4v) is 1.59. The van der Waals surface area contributed by atoms with Crippen LogP contribution in [0.2, 0.25) is 0 Å². The Balaban J connectivity index is 1.87. The molecule has 0 spiro atoms. The van der Waals surface area contributed by atoms with Gasteiger partial charge in [0.05, 0.1) is 5.69 Å². The summed E-state index contributed by atoms with van der Waals surface area (Å²) in [7, 11) is 0. The molecule has 0 atom stereocenters. The lowest BCUT2D eigenvalue weighted by atomic mass is 10.2. The minimum Gasteiger partial charge on any atom is -0.307 e. The molecule has 0 aliphatic rings. The van der Waals surface area contributed by atoms with E-state index in [2.05, 4.69) is 15.3 Å². The molecule has 1 N–H and O–H groups in total. The molecule has 0 unspecified atom stereocenters. The van der Waals surface area contributed by atoms with Crippen molar-refractivity contribution in [3.8, 4) is 0 Å². The average Bonchev–Trinajstić information content (AvgIpc) is 2.29. The average molecular weight is 231 g/mol. The predicted molar refractivity (Wildman–Crippen MR) is 63.7 cm³/mol. The number of rotatable bonds is 4. The number of nitrogens with one attached hydrogen (secondary N) is 1. The Morgan fingerprint density at radius 3 is 2.88 bits per heavy atom. The molecular weight excluding hydrogens is 217 g/mol. The van der Waals surface area contributed by atoms with Gasteiger partial charge in [0, 0.05) is 19.3 Å². The predicted octanol–water partition coefficient (Wildman–Crippen LogP) is 2.21.